The number of benzene rings is 1. The minimum atomic E-state index is -4.91. The molecule has 1 amide bonds. The molecule has 1 aromatic rings. The summed E-state index contributed by atoms with van der Waals surface area (Å²) < 4.78 is 37.8. The lowest BCUT2D eigenvalue weighted by atomic mass is 9.73. The number of aromatic hydroxyl groups is 1. The molecule has 124 valence electrons. The number of amides is 1. The van der Waals surface area contributed by atoms with Crippen molar-refractivity contribution in [1.29, 1.82) is 0 Å². The molecule has 1 saturated heterocycles. The molecule has 1 N–H and O–H groups in total. The smallest absolute Gasteiger partial charge is 0.471 e. The summed E-state index contributed by atoms with van der Waals surface area (Å²) in [4.78, 5) is 22.4. The first-order valence-electron chi connectivity index (χ1n) is 7.03. The van der Waals surface area contributed by atoms with Crippen molar-refractivity contribution in [2.45, 2.75) is 24.9 Å². The number of carbonyl (C=O) groups excluding carboxylic acids is 1. The minimum absolute atomic E-state index is 0.0110. The molecule has 1 fully saturated rings. The average Bonchev–Trinajstić information content (AvgIpc) is 2.45. The van der Waals surface area contributed by atoms with E-state index in [0.29, 0.717) is 24.0 Å². The molecule has 2 bridgehead atoms. The van der Waals surface area contributed by atoms with Gasteiger partial charge in [-0.2, -0.15) is 13.2 Å². The number of fused-ring (bicyclic) bond motifs is 4. The van der Waals surface area contributed by atoms with Crippen LogP contribution in [-0.2, 0) is 11.2 Å². The molecular formula is C14H13F3N2O4. The summed E-state index contributed by atoms with van der Waals surface area (Å²) >= 11 is 0. The van der Waals surface area contributed by atoms with Crippen molar-refractivity contribution in [3.05, 3.63) is 33.4 Å². The first kappa shape index (κ1) is 15.6. The SMILES string of the molecule is O=C(N1CC2Cc3cc([N+](=O)[O-])c(O)cc3C(C2)C1)C(F)(F)F. The maximum Gasteiger partial charge on any atom is 0.471 e. The van der Waals surface area contributed by atoms with E-state index in [-0.39, 0.29) is 24.9 Å². The number of nitrogens with zero attached hydrogens (tertiary/aromatic N) is 2. The number of nitro groups is 1. The van der Waals surface area contributed by atoms with Gasteiger partial charge in [-0.25, -0.2) is 0 Å². The molecule has 2 aliphatic rings. The number of phenolic OH excluding ortho intramolecular Hbond substituents is 1. The number of hydrogen-bond donors (Lipinski definition) is 1. The van der Waals surface area contributed by atoms with Crippen molar-refractivity contribution in [3.8, 4) is 5.75 Å². The Morgan fingerprint density at radius 3 is 2.65 bits per heavy atom. The summed E-state index contributed by atoms with van der Waals surface area (Å²) in [5, 5.41) is 20.6. The van der Waals surface area contributed by atoms with Gasteiger partial charge >= 0.3 is 17.8 Å². The van der Waals surface area contributed by atoms with Gasteiger partial charge in [0.1, 0.15) is 0 Å². The molecule has 0 saturated carbocycles. The molecule has 0 spiro atoms. The fourth-order valence-electron chi connectivity index (χ4n) is 3.57. The van der Waals surface area contributed by atoms with Gasteiger partial charge in [0, 0.05) is 25.1 Å². The quantitative estimate of drug-likeness (QED) is 0.633. The summed E-state index contributed by atoms with van der Waals surface area (Å²) in [6.07, 6.45) is -3.95. The number of rotatable bonds is 1. The zero-order valence-electron chi connectivity index (χ0n) is 11.8. The van der Waals surface area contributed by atoms with Crippen LogP contribution in [0, 0.1) is 16.0 Å². The highest BCUT2D eigenvalue weighted by atomic mass is 19.4. The van der Waals surface area contributed by atoms with Gasteiger partial charge in [0.05, 0.1) is 4.92 Å². The number of nitro benzene ring substituents is 1. The molecule has 2 unspecified atom stereocenters. The van der Waals surface area contributed by atoms with E-state index in [0.717, 1.165) is 4.90 Å². The van der Waals surface area contributed by atoms with Gasteiger partial charge in [-0.1, -0.05) is 0 Å². The summed E-state index contributed by atoms with van der Waals surface area (Å²) in [6.45, 7) is -0.109. The van der Waals surface area contributed by atoms with Crippen LogP contribution in [0.1, 0.15) is 23.5 Å². The zero-order valence-corrected chi connectivity index (χ0v) is 11.8. The fourth-order valence-corrected chi connectivity index (χ4v) is 3.57. The second-order valence-corrected chi connectivity index (χ2v) is 6.01. The van der Waals surface area contributed by atoms with Gasteiger partial charge in [0.2, 0.25) is 0 Å². The molecule has 23 heavy (non-hydrogen) atoms. The fraction of sp³-hybridized carbons (Fsp3) is 0.500. The Hall–Kier alpha value is -2.32. The highest BCUT2D eigenvalue weighted by Crippen LogP contribution is 2.43. The predicted molar refractivity (Wildman–Crippen MR) is 71.9 cm³/mol. The largest absolute Gasteiger partial charge is 0.502 e. The molecule has 6 nitrogen and oxygen atoms in total. The minimum Gasteiger partial charge on any atom is -0.502 e. The van der Waals surface area contributed by atoms with Gasteiger partial charge in [-0.05, 0) is 36.0 Å². The lowest BCUT2D eigenvalue weighted by Crippen LogP contribution is -2.50. The Morgan fingerprint density at radius 2 is 2.04 bits per heavy atom. The second kappa shape index (κ2) is 5.10. The normalized spacial score (nSPS) is 23.3. The lowest BCUT2D eigenvalue weighted by molar-refractivity contribution is -0.386. The monoisotopic (exact) mass is 330 g/mol. The van der Waals surface area contributed by atoms with Gasteiger partial charge in [-0.15, -0.1) is 0 Å². The predicted octanol–water partition coefficient (Wildman–Crippen LogP) is 2.35. The third-order valence-electron chi connectivity index (χ3n) is 4.45. The standard InChI is InChI=1S/C14H13F3N2O4/c15-14(16,17)13(21)18-5-7-1-8-3-11(19(22)23)12(20)4-10(8)9(2-7)6-18/h3-4,7,9,20H,1-2,5-6H2. The third-order valence-corrected chi connectivity index (χ3v) is 4.45. The maximum atomic E-state index is 12.6. The van der Waals surface area contributed by atoms with E-state index in [1.165, 1.54) is 12.1 Å². The number of hydrogen-bond acceptors (Lipinski definition) is 4. The van der Waals surface area contributed by atoms with Crippen LogP contribution in [0.5, 0.6) is 5.75 Å². The number of halogens is 3. The van der Waals surface area contributed by atoms with Crippen LogP contribution in [0.25, 0.3) is 0 Å². The van der Waals surface area contributed by atoms with Crippen LogP contribution in [0.3, 0.4) is 0 Å². The molecule has 0 aromatic heterocycles. The first-order chi connectivity index (χ1) is 10.7. The van der Waals surface area contributed by atoms with Crippen molar-refractivity contribution in [1.82, 2.24) is 4.90 Å². The summed E-state index contributed by atoms with van der Waals surface area (Å²) in [5.74, 6) is -2.89. The van der Waals surface area contributed by atoms with Gasteiger partial charge < -0.3 is 10.0 Å². The number of likely N-dealkylation sites (tertiary alicyclic amines) is 1. The van der Waals surface area contributed by atoms with Crippen molar-refractivity contribution >= 4 is 11.6 Å². The van der Waals surface area contributed by atoms with E-state index < -0.39 is 28.4 Å². The van der Waals surface area contributed by atoms with E-state index in [9.17, 15) is 33.2 Å². The van der Waals surface area contributed by atoms with E-state index in [1.807, 2.05) is 0 Å². The first-order valence-corrected chi connectivity index (χ1v) is 7.03. The highest BCUT2D eigenvalue weighted by molar-refractivity contribution is 5.82. The Balaban J connectivity index is 1.93. The molecule has 3 rings (SSSR count). The van der Waals surface area contributed by atoms with Gasteiger partial charge in [0.25, 0.3) is 0 Å². The van der Waals surface area contributed by atoms with E-state index in [2.05, 4.69) is 0 Å². The summed E-state index contributed by atoms with van der Waals surface area (Å²) in [7, 11) is 0. The van der Waals surface area contributed by atoms with Crippen LogP contribution < -0.4 is 0 Å². The Bertz CT molecular complexity index is 689. The third kappa shape index (κ3) is 2.71. The molecule has 1 aromatic carbocycles. The van der Waals surface area contributed by atoms with Crippen molar-refractivity contribution in [2.24, 2.45) is 5.92 Å². The molecule has 0 radical (unpaired) electrons. The number of alkyl halides is 3. The van der Waals surface area contributed by atoms with Gasteiger partial charge in [0.15, 0.2) is 5.75 Å². The lowest BCUT2D eigenvalue weighted by Gasteiger charge is -2.42. The number of phenols is 1. The maximum absolute atomic E-state index is 12.6. The van der Waals surface area contributed by atoms with E-state index in [4.69, 9.17) is 0 Å². The molecule has 1 aliphatic heterocycles. The van der Waals surface area contributed by atoms with Crippen molar-refractivity contribution < 1.29 is 28.0 Å². The van der Waals surface area contributed by atoms with Gasteiger partial charge in [-0.3, -0.25) is 14.9 Å². The molecular weight excluding hydrogens is 317 g/mol. The molecule has 2 atom stereocenters. The number of carbonyl (C=O) groups is 1. The second-order valence-electron chi connectivity index (χ2n) is 6.01. The average molecular weight is 330 g/mol. The molecule has 1 aliphatic carbocycles. The van der Waals surface area contributed by atoms with Crippen LogP contribution >= 0.6 is 0 Å². The zero-order chi connectivity index (χ0) is 16.9. The van der Waals surface area contributed by atoms with E-state index >= 15 is 0 Å². The van der Waals surface area contributed by atoms with Crippen LogP contribution in [0.2, 0.25) is 0 Å². The van der Waals surface area contributed by atoms with Crippen LogP contribution in [0.15, 0.2) is 12.1 Å². The topological polar surface area (TPSA) is 83.7 Å². The Kier molecular flexibility index (Phi) is 3.46. The molecule has 9 heteroatoms. The van der Waals surface area contributed by atoms with E-state index in [1.54, 1.807) is 0 Å². The van der Waals surface area contributed by atoms with Crippen LogP contribution in [0.4, 0.5) is 18.9 Å². The van der Waals surface area contributed by atoms with Crippen molar-refractivity contribution in [3.63, 3.8) is 0 Å². The highest BCUT2D eigenvalue weighted by Gasteiger charge is 2.46. The summed E-state index contributed by atoms with van der Waals surface area (Å²) in [5.41, 5.74) is 0.839. The summed E-state index contributed by atoms with van der Waals surface area (Å²) in [6, 6.07) is 2.53. The number of piperidine rings is 1. The molecule has 1 heterocycles. The van der Waals surface area contributed by atoms with Crippen molar-refractivity contribution in [2.75, 3.05) is 13.1 Å². The Labute approximate surface area is 128 Å². The Morgan fingerprint density at radius 1 is 1.35 bits per heavy atom. The van der Waals surface area contributed by atoms with Crippen LogP contribution in [-0.4, -0.2) is 40.1 Å².